The molecule has 1 amide bonds. The fourth-order valence-electron chi connectivity index (χ4n) is 3.08. The molecular formula is C19H24N4O. The van der Waals surface area contributed by atoms with Crippen LogP contribution in [0.4, 0.5) is 5.82 Å². The molecule has 2 heterocycles. The van der Waals surface area contributed by atoms with Crippen molar-refractivity contribution in [3.8, 4) is 0 Å². The molecule has 0 bridgehead atoms. The molecule has 1 aromatic carbocycles. The van der Waals surface area contributed by atoms with E-state index in [2.05, 4.69) is 47.3 Å². The standard InChI is InChI=1S/C19H24N4O/c1-14-5-3-7-16(9-14)10-21-18-12-20-17(11-22-18)19(24)23-8-4-6-15(2)13-23/h3,5,7,9,11-12,15H,4,6,8,10,13H2,1-2H3,(H,21,22). The van der Waals surface area contributed by atoms with Gasteiger partial charge >= 0.3 is 0 Å². The fourth-order valence-corrected chi connectivity index (χ4v) is 3.08. The highest BCUT2D eigenvalue weighted by atomic mass is 16.2. The first kappa shape index (κ1) is 16.4. The van der Waals surface area contributed by atoms with Gasteiger partial charge in [-0.3, -0.25) is 4.79 Å². The van der Waals surface area contributed by atoms with E-state index in [1.807, 2.05) is 11.0 Å². The monoisotopic (exact) mass is 324 g/mol. The Bertz CT molecular complexity index is 699. The molecule has 1 aromatic heterocycles. The molecule has 1 fully saturated rings. The van der Waals surface area contributed by atoms with Crippen molar-refractivity contribution in [3.63, 3.8) is 0 Å². The Hall–Kier alpha value is -2.43. The predicted molar refractivity (Wildman–Crippen MR) is 94.8 cm³/mol. The van der Waals surface area contributed by atoms with Crippen LogP contribution in [0, 0.1) is 12.8 Å². The summed E-state index contributed by atoms with van der Waals surface area (Å²) in [5.41, 5.74) is 2.85. The lowest BCUT2D eigenvalue weighted by atomic mass is 10.0. The molecule has 1 aliphatic rings. The highest BCUT2D eigenvalue weighted by Gasteiger charge is 2.23. The van der Waals surface area contributed by atoms with Gasteiger partial charge in [0.15, 0.2) is 0 Å². The van der Waals surface area contributed by atoms with Crippen LogP contribution in [0.1, 0.15) is 41.4 Å². The van der Waals surface area contributed by atoms with Crippen molar-refractivity contribution < 1.29 is 4.79 Å². The molecule has 5 nitrogen and oxygen atoms in total. The molecule has 0 aliphatic carbocycles. The van der Waals surface area contributed by atoms with Gasteiger partial charge in [-0.25, -0.2) is 9.97 Å². The van der Waals surface area contributed by atoms with Crippen LogP contribution in [0.15, 0.2) is 36.7 Å². The van der Waals surface area contributed by atoms with E-state index >= 15 is 0 Å². The summed E-state index contributed by atoms with van der Waals surface area (Å²) >= 11 is 0. The zero-order valence-corrected chi connectivity index (χ0v) is 14.3. The van der Waals surface area contributed by atoms with Crippen molar-refractivity contribution in [2.75, 3.05) is 18.4 Å². The average Bonchev–Trinajstić information content (AvgIpc) is 2.60. The van der Waals surface area contributed by atoms with Gasteiger partial charge in [-0.15, -0.1) is 0 Å². The number of hydrogen-bond acceptors (Lipinski definition) is 4. The number of nitrogens with zero attached hydrogens (tertiary/aromatic N) is 3. The van der Waals surface area contributed by atoms with Crippen molar-refractivity contribution in [3.05, 3.63) is 53.5 Å². The molecular weight excluding hydrogens is 300 g/mol. The number of hydrogen-bond donors (Lipinski definition) is 1. The van der Waals surface area contributed by atoms with Crippen LogP contribution in [0.2, 0.25) is 0 Å². The van der Waals surface area contributed by atoms with E-state index in [0.29, 0.717) is 24.0 Å². The van der Waals surface area contributed by atoms with Crippen molar-refractivity contribution in [2.24, 2.45) is 5.92 Å². The van der Waals surface area contributed by atoms with Gasteiger partial charge in [0.2, 0.25) is 0 Å². The maximum absolute atomic E-state index is 12.5. The van der Waals surface area contributed by atoms with Gasteiger partial charge in [-0.2, -0.15) is 0 Å². The molecule has 3 rings (SSSR count). The van der Waals surface area contributed by atoms with Crippen LogP contribution in [0.5, 0.6) is 0 Å². The number of aromatic nitrogens is 2. The van der Waals surface area contributed by atoms with E-state index < -0.39 is 0 Å². The number of likely N-dealkylation sites (tertiary alicyclic amines) is 1. The first-order chi connectivity index (χ1) is 11.6. The van der Waals surface area contributed by atoms with Crippen LogP contribution >= 0.6 is 0 Å². The van der Waals surface area contributed by atoms with Crippen molar-refractivity contribution in [1.29, 1.82) is 0 Å². The van der Waals surface area contributed by atoms with E-state index in [4.69, 9.17) is 0 Å². The number of nitrogens with one attached hydrogen (secondary N) is 1. The van der Waals surface area contributed by atoms with Gasteiger partial charge in [0.25, 0.3) is 5.91 Å². The third-order valence-electron chi connectivity index (χ3n) is 4.37. The Morgan fingerprint density at radius 3 is 2.92 bits per heavy atom. The van der Waals surface area contributed by atoms with Gasteiger partial charge in [0.1, 0.15) is 11.5 Å². The summed E-state index contributed by atoms with van der Waals surface area (Å²) in [7, 11) is 0. The summed E-state index contributed by atoms with van der Waals surface area (Å²) in [6, 6.07) is 8.32. The largest absolute Gasteiger partial charge is 0.365 e. The number of anilines is 1. The van der Waals surface area contributed by atoms with E-state index in [1.54, 1.807) is 12.4 Å². The average molecular weight is 324 g/mol. The molecule has 0 radical (unpaired) electrons. The normalized spacial score (nSPS) is 17.6. The topological polar surface area (TPSA) is 58.1 Å². The van der Waals surface area contributed by atoms with Gasteiger partial charge in [0, 0.05) is 19.6 Å². The Balaban J connectivity index is 1.59. The highest BCUT2D eigenvalue weighted by Crippen LogP contribution is 2.17. The van der Waals surface area contributed by atoms with Crippen LogP contribution in [0.3, 0.4) is 0 Å². The summed E-state index contributed by atoms with van der Waals surface area (Å²) in [5, 5.41) is 3.24. The van der Waals surface area contributed by atoms with Crippen LogP contribution in [-0.2, 0) is 6.54 Å². The Kier molecular flexibility index (Phi) is 5.08. The summed E-state index contributed by atoms with van der Waals surface area (Å²) in [6.07, 6.45) is 5.46. The minimum absolute atomic E-state index is 0.0146. The van der Waals surface area contributed by atoms with E-state index in [-0.39, 0.29) is 5.91 Å². The third kappa shape index (κ3) is 4.10. The van der Waals surface area contributed by atoms with Crippen LogP contribution < -0.4 is 5.32 Å². The van der Waals surface area contributed by atoms with Gasteiger partial charge < -0.3 is 10.2 Å². The number of amides is 1. The number of piperidine rings is 1. The summed E-state index contributed by atoms with van der Waals surface area (Å²) in [5.74, 6) is 1.23. The minimum Gasteiger partial charge on any atom is -0.365 e. The highest BCUT2D eigenvalue weighted by molar-refractivity contribution is 5.92. The molecule has 24 heavy (non-hydrogen) atoms. The lowest BCUT2D eigenvalue weighted by molar-refractivity contribution is 0.0676. The molecule has 126 valence electrons. The number of carbonyl (C=O) groups excluding carboxylic acids is 1. The first-order valence-electron chi connectivity index (χ1n) is 8.52. The maximum atomic E-state index is 12.5. The zero-order chi connectivity index (χ0) is 16.9. The minimum atomic E-state index is -0.0146. The molecule has 1 saturated heterocycles. The lowest BCUT2D eigenvalue weighted by Crippen LogP contribution is -2.39. The molecule has 1 atom stereocenters. The molecule has 2 aromatic rings. The smallest absolute Gasteiger partial charge is 0.274 e. The van der Waals surface area contributed by atoms with Gasteiger partial charge in [-0.05, 0) is 31.2 Å². The van der Waals surface area contributed by atoms with Crippen molar-refractivity contribution >= 4 is 11.7 Å². The molecule has 1 unspecified atom stereocenters. The second kappa shape index (κ2) is 7.43. The number of aryl methyl sites for hydroxylation is 1. The molecule has 5 heteroatoms. The summed E-state index contributed by atoms with van der Waals surface area (Å²) in [4.78, 5) is 23.0. The second-order valence-electron chi connectivity index (χ2n) is 6.63. The van der Waals surface area contributed by atoms with Crippen molar-refractivity contribution in [2.45, 2.75) is 33.2 Å². The fraction of sp³-hybridized carbons (Fsp3) is 0.421. The molecule has 0 spiro atoms. The van der Waals surface area contributed by atoms with Crippen LogP contribution in [0.25, 0.3) is 0 Å². The maximum Gasteiger partial charge on any atom is 0.274 e. The number of rotatable bonds is 4. The zero-order valence-electron chi connectivity index (χ0n) is 14.3. The first-order valence-corrected chi connectivity index (χ1v) is 8.52. The molecule has 1 aliphatic heterocycles. The van der Waals surface area contributed by atoms with Gasteiger partial charge in [-0.1, -0.05) is 36.8 Å². The molecule has 1 N–H and O–H groups in total. The quantitative estimate of drug-likeness (QED) is 0.938. The summed E-state index contributed by atoms with van der Waals surface area (Å²) < 4.78 is 0. The van der Waals surface area contributed by atoms with Crippen molar-refractivity contribution in [1.82, 2.24) is 14.9 Å². The van der Waals surface area contributed by atoms with Gasteiger partial charge in [0.05, 0.1) is 12.4 Å². The van der Waals surface area contributed by atoms with Crippen LogP contribution in [-0.4, -0.2) is 33.9 Å². The predicted octanol–water partition coefficient (Wildman–Crippen LogP) is 3.27. The third-order valence-corrected chi connectivity index (χ3v) is 4.37. The van der Waals surface area contributed by atoms with E-state index in [1.165, 1.54) is 17.5 Å². The Morgan fingerprint density at radius 2 is 2.21 bits per heavy atom. The second-order valence-corrected chi connectivity index (χ2v) is 6.63. The SMILES string of the molecule is Cc1cccc(CNc2cnc(C(=O)N3CCCC(C)C3)cn2)c1. The Labute approximate surface area is 143 Å². The van der Waals surface area contributed by atoms with E-state index in [0.717, 1.165) is 19.5 Å². The Morgan fingerprint density at radius 1 is 1.33 bits per heavy atom. The van der Waals surface area contributed by atoms with E-state index in [9.17, 15) is 4.79 Å². The lowest BCUT2D eigenvalue weighted by Gasteiger charge is -2.30. The number of benzene rings is 1. The number of carbonyl (C=O) groups is 1. The molecule has 0 saturated carbocycles. The summed E-state index contributed by atoms with van der Waals surface area (Å²) in [6.45, 7) is 6.58.